The van der Waals surface area contributed by atoms with Crippen LogP contribution in [0.1, 0.15) is 12.5 Å². The Morgan fingerprint density at radius 2 is 2.13 bits per heavy atom. The quantitative estimate of drug-likeness (QED) is 0.326. The second-order valence-electron chi connectivity index (χ2n) is 2.92. The van der Waals surface area contributed by atoms with Crippen LogP contribution in [0, 0.1) is 22.9 Å². The van der Waals surface area contributed by atoms with E-state index in [0.717, 1.165) is 19.1 Å². The zero-order valence-electron chi connectivity index (χ0n) is 8.11. The number of hydrogen-bond acceptors (Lipinski definition) is 4. The van der Waals surface area contributed by atoms with Gasteiger partial charge in [0.1, 0.15) is 5.75 Å². The molecule has 0 heterocycles. The van der Waals surface area contributed by atoms with Crippen molar-refractivity contribution in [1.29, 1.82) is 0 Å². The number of nitro groups is 1. The molecule has 0 unspecified atom stereocenters. The number of nitro benzene ring substituents is 1. The van der Waals surface area contributed by atoms with Crippen molar-refractivity contribution in [3.05, 3.63) is 33.6 Å². The van der Waals surface area contributed by atoms with Crippen LogP contribution in [-0.2, 0) is 4.79 Å². The van der Waals surface area contributed by atoms with Gasteiger partial charge in [0.05, 0.1) is 11.0 Å². The van der Waals surface area contributed by atoms with E-state index >= 15 is 0 Å². The number of hydrogen-bond donors (Lipinski definition) is 0. The van der Waals surface area contributed by atoms with Crippen LogP contribution in [0.25, 0.3) is 0 Å². The Morgan fingerprint density at radius 3 is 2.60 bits per heavy atom. The minimum Gasteiger partial charge on any atom is -0.426 e. The molecule has 0 aliphatic rings. The molecule has 0 N–H and O–H groups in total. The van der Waals surface area contributed by atoms with E-state index in [4.69, 9.17) is 0 Å². The van der Waals surface area contributed by atoms with Crippen LogP contribution in [-0.4, -0.2) is 10.9 Å². The van der Waals surface area contributed by atoms with Crippen molar-refractivity contribution in [2.24, 2.45) is 0 Å². The van der Waals surface area contributed by atoms with E-state index in [0.29, 0.717) is 5.56 Å². The summed E-state index contributed by atoms with van der Waals surface area (Å²) >= 11 is 0. The molecule has 0 atom stereocenters. The Bertz CT molecular complexity index is 430. The van der Waals surface area contributed by atoms with Gasteiger partial charge in [0, 0.05) is 6.92 Å². The van der Waals surface area contributed by atoms with E-state index in [1.165, 1.54) is 6.92 Å². The fourth-order valence-corrected chi connectivity index (χ4v) is 1.05. The molecule has 80 valence electrons. The average Bonchev–Trinajstić information content (AvgIpc) is 2.08. The lowest BCUT2D eigenvalue weighted by molar-refractivity contribution is -0.387. The summed E-state index contributed by atoms with van der Waals surface area (Å²) in [6.07, 6.45) is 0. The van der Waals surface area contributed by atoms with Crippen LogP contribution >= 0.6 is 0 Å². The molecule has 5 nitrogen and oxygen atoms in total. The predicted octanol–water partition coefficient (Wildman–Crippen LogP) is 1.97. The number of halogens is 1. The number of carbonyl (C=O) groups is 1. The van der Waals surface area contributed by atoms with E-state index in [9.17, 15) is 19.3 Å². The van der Waals surface area contributed by atoms with Crippen molar-refractivity contribution >= 4 is 11.7 Å². The fourth-order valence-electron chi connectivity index (χ4n) is 1.05. The highest BCUT2D eigenvalue weighted by Crippen LogP contribution is 2.27. The molecule has 0 fully saturated rings. The summed E-state index contributed by atoms with van der Waals surface area (Å²) in [5.74, 6) is -1.57. The van der Waals surface area contributed by atoms with Crippen LogP contribution in [0.3, 0.4) is 0 Å². The maximum absolute atomic E-state index is 13.0. The number of rotatable bonds is 2. The Kier molecular flexibility index (Phi) is 2.99. The Labute approximate surface area is 84.6 Å². The smallest absolute Gasteiger partial charge is 0.308 e. The second-order valence-corrected chi connectivity index (χ2v) is 2.92. The lowest BCUT2D eigenvalue weighted by atomic mass is 10.2. The summed E-state index contributed by atoms with van der Waals surface area (Å²) in [5.41, 5.74) is -0.384. The van der Waals surface area contributed by atoms with Gasteiger partial charge in [0.2, 0.25) is 5.82 Å². The summed E-state index contributed by atoms with van der Waals surface area (Å²) < 4.78 is 17.7. The van der Waals surface area contributed by atoms with Crippen molar-refractivity contribution in [2.75, 3.05) is 0 Å². The molecule has 0 amide bonds. The Balaban J connectivity index is 3.23. The van der Waals surface area contributed by atoms with Crippen LogP contribution in [0.2, 0.25) is 0 Å². The van der Waals surface area contributed by atoms with Gasteiger partial charge in [0.15, 0.2) is 0 Å². The molecule has 0 saturated carbocycles. The summed E-state index contributed by atoms with van der Waals surface area (Å²) in [5, 5.41) is 10.4. The lowest BCUT2D eigenvalue weighted by Gasteiger charge is -2.05. The highest BCUT2D eigenvalue weighted by atomic mass is 19.1. The minimum atomic E-state index is -0.951. The fraction of sp³-hybridized carbons (Fsp3) is 0.222. The number of benzene rings is 1. The zero-order chi connectivity index (χ0) is 11.6. The molecule has 0 aliphatic heterocycles. The molecular formula is C9H8FNO4. The first-order chi connectivity index (χ1) is 6.91. The molecule has 0 bridgehead atoms. The molecule has 0 spiro atoms. The molecule has 6 heteroatoms. The molecule has 0 aliphatic carbocycles. The van der Waals surface area contributed by atoms with E-state index < -0.39 is 22.4 Å². The normalized spacial score (nSPS) is 9.80. The summed E-state index contributed by atoms with van der Waals surface area (Å²) in [4.78, 5) is 20.2. The monoisotopic (exact) mass is 213 g/mol. The summed E-state index contributed by atoms with van der Waals surface area (Å²) in [6, 6.07) is 1.85. The third kappa shape index (κ3) is 2.49. The van der Waals surface area contributed by atoms with Crippen molar-refractivity contribution in [3.8, 4) is 5.75 Å². The summed E-state index contributed by atoms with van der Waals surface area (Å²) in [7, 11) is 0. The summed E-state index contributed by atoms with van der Waals surface area (Å²) in [6.45, 7) is 2.65. The highest BCUT2D eigenvalue weighted by Gasteiger charge is 2.18. The number of esters is 1. The van der Waals surface area contributed by atoms with Gasteiger partial charge in [-0.3, -0.25) is 14.9 Å². The molecule has 15 heavy (non-hydrogen) atoms. The second kappa shape index (κ2) is 4.04. The average molecular weight is 213 g/mol. The van der Waals surface area contributed by atoms with Gasteiger partial charge >= 0.3 is 11.7 Å². The third-order valence-corrected chi connectivity index (χ3v) is 1.69. The van der Waals surface area contributed by atoms with Crippen molar-refractivity contribution < 1.29 is 18.8 Å². The topological polar surface area (TPSA) is 69.4 Å². The minimum absolute atomic E-state index is 0.00407. The van der Waals surface area contributed by atoms with Gasteiger partial charge in [0.25, 0.3) is 0 Å². The van der Waals surface area contributed by atoms with Gasteiger partial charge in [-0.2, -0.15) is 4.39 Å². The molecule has 1 aromatic rings. The maximum atomic E-state index is 13.0. The van der Waals surface area contributed by atoms with E-state index in [2.05, 4.69) is 4.74 Å². The first kappa shape index (κ1) is 11.1. The van der Waals surface area contributed by atoms with Gasteiger partial charge in [-0.15, -0.1) is 0 Å². The number of nitrogens with zero attached hydrogens (tertiary/aromatic N) is 1. The van der Waals surface area contributed by atoms with Crippen molar-refractivity contribution in [3.63, 3.8) is 0 Å². The third-order valence-electron chi connectivity index (χ3n) is 1.69. The van der Waals surface area contributed by atoms with Crippen LogP contribution in [0.15, 0.2) is 12.1 Å². The number of aryl methyl sites for hydroxylation is 1. The number of ether oxygens (including phenoxy) is 1. The van der Waals surface area contributed by atoms with Crippen LogP contribution in [0.4, 0.5) is 10.1 Å². The Hall–Kier alpha value is -1.98. The highest BCUT2D eigenvalue weighted by molar-refractivity contribution is 5.70. The SMILES string of the molecule is CC(=O)Oc1cc([N+](=O)[O-])c(F)cc1C. The first-order valence-corrected chi connectivity index (χ1v) is 4.04. The first-order valence-electron chi connectivity index (χ1n) is 4.04. The molecule has 0 saturated heterocycles. The van der Waals surface area contributed by atoms with E-state index in [1.54, 1.807) is 0 Å². The van der Waals surface area contributed by atoms with Gasteiger partial charge < -0.3 is 4.74 Å². The molecule has 1 aromatic carbocycles. The molecular weight excluding hydrogens is 205 g/mol. The van der Waals surface area contributed by atoms with Gasteiger partial charge in [-0.25, -0.2) is 0 Å². The van der Waals surface area contributed by atoms with Crippen LogP contribution in [0.5, 0.6) is 5.75 Å². The van der Waals surface area contributed by atoms with Crippen molar-refractivity contribution in [1.82, 2.24) is 0 Å². The lowest BCUT2D eigenvalue weighted by Crippen LogP contribution is -2.04. The van der Waals surface area contributed by atoms with Crippen LogP contribution < -0.4 is 4.74 Å². The molecule has 1 rings (SSSR count). The predicted molar refractivity (Wildman–Crippen MR) is 49.1 cm³/mol. The standard InChI is InChI=1S/C9H8FNO4/c1-5-3-7(10)8(11(13)14)4-9(5)15-6(2)12/h3-4H,1-2H3. The zero-order valence-corrected chi connectivity index (χ0v) is 8.11. The largest absolute Gasteiger partial charge is 0.426 e. The van der Waals surface area contributed by atoms with E-state index in [-0.39, 0.29) is 5.75 Å². The van der Waals surface area contributed by atoms with Gasteiger partial charge in [-0.1, -0.05) is 0 Å². The maximum Gasteiger partial charge on any atom is 0.308 e. The molecule has 0 radical (unpaired) electrons. The molecule has 0 aromatic heterocycles. The van der Waals surface area contributed by atoms with E-state index in [1.807, 2.05) is 0 Å². The van der Waals surface area contributed by atoms with Crippen molar-refractivity contribution in [2.45, 2.75) is 13.8 Å². The number of carbonyl (C=O) groups excluding carboxylic acids is 1. The Morgan fingerprint density at radius 1 is 1.53 bits per heavy atom. The van der Waals surface area contributed by atoms with Gasteiger partial charge in [-0.05, 0) is 18.6 Å².